The number of aryl methyl sites for hydroxylation is 1. The fraction of sp³-hybridized carbons (Fsp3) is 0.333. The van der Waals surface area contributed by atoms with Gasteiger partial charge in [-0.25, -0.2) is 4.98 Å². The van der Waals surface area contributed by atoms with Gasteiger partial charge in [-0.1, -0.05) is 47.2 Å². The van der Waals surface area contributed by atoms with Crippen LogP contribution in [0.2, 0.25) is 0 Å². The van der Waals surface area contributed by atoms with Crippen molar-refractivity contribution < 1.29 is 14.3 Å². The van der Waals surface area contributed by atoms with Crippen LogP contribution < -0.4 is 15.2 Å². The van der Waals surface area contributed by atoms with E-state index in [4.69, 9.17) is 15.2 Å². The minimum Gasteiger partial charge on any atom is -0.454 e. The Labute approximate surface area is 185 Å². The summed E-state index contributed by atoms with van der Waals surface area (Å²) in [6, 6.07) is 14.1. The predicted octanol–water partition coefficient (Wildman–Crippen LogP) is 4.52. The van der Waals surface area contributed by atoms with Gasteiger partial charge in [0.2, 0.25) is 6.79 Å². The largest absolute Gasteiger partial charge is 0.454 e. The summed E-state index contributed by atoms with van der Waals surface area (Å²) >= 11 is 1.37. The van der Waals surface area contributed by atoms with Gasteiger partial charge in [0.15, 0.2) is 16.6 Å². The summed E-state index contributed by atoms with van der Waals surface area (Å²) in [5, 5.41) is 0.419. The van der Waals surface area contributed by atoms with E-state index in [9.17, 15) is 4.79 Å². The summed E-state index contributed by atoms with van der Waals surface area (Å²) in [4.78, 5) is 20.8. The van der Waals surface area contributed by atoms with Gasteiger partial charge in [0.1, 0.15) is 5.69 Å². The summed E-state index contributed by atoms with van der Waals surface area (Å²) < 4.78 is 10.9. The number of hydrogen-bond donors (Lipinski definition) is 1. The molecule has 2 aliphatic rings. The third-order valence-corrected chi connectivity index (χ3v) is 6.63. The summed E-state index contributed by atoms with van der Waals surface area (Å²) in [7, 11) is 0. The molecule has 1 fully saturated rings. The molecule has 0 radical (unpaired) electrons. The number of hydrogen-bond acceptors (Lipinski definition) is 6. The topological polar surface area (TPSA) is 77.7 Å². The molecule has 1 amide bonds. The van der Waals surface area contributed by atoms with E-state index < -0.39 is 0 Å². The van der Waals surface area contributed by atoms with Gasteiger partial charge in [0.25, 0.3) is 5.91 Å². The van der Waals surface area contributed by atoms with Crippen molar-refractivity contribution in [1.29, 1.82) is 0 Å². The molecule has 31 heavy (non-hydrogen) atoms. The first kappa shape index (κ1) is 19.9. The minimum atomic E-state index is -0.0444. The van der Waals surface area contributed by atoms with E-state index >= 15 is 0 Å². The Morgan fingerprint density at radius 3 is 2.84 bits per heavy atom. The van der Waals surface area contributed by atoms with Crippen molar-refractivity contribution in [2.24, 2.45) is 5.92 Å². The number of ether oxygens (including phenoxy) is 2. The number of carbonyl (C=O) groups is 1. The molecule has 2 heterocycles. The summed E-state index contributed by atoms with van der Waals surface area (Å²) in [6.07, 6.45) is 3.10. The number of thiazole rings is 1. The van der Waals surface area contributed by atoms with Crippen molar-refractivity contribution in [3.05, 3.63) is 59.3 Å². The zero-order chi connectivity index (χ0) is 21.4. The lowest BCUT2D eigenvalue weighted by Gasteiger charge is -2.22. The second kappa shape index (κ2) is 8.23. The van der Waals surface area contributed by atoms with E-state index in [1.807, 2.05) is 48.2 Å². The highest BCUT2D eigenvalue weighted by Gasteiger charge is 2.30. The molecule has 1 saturated carbocycles. The smallest absolute Gasteiger partial charge is 0.274 e. The average molecular weight is 436 g/mol. The molecule has 160 valence electrons. The molecule has 0 atom stereocenters. The molecule has 1 aliphatic heterocycles. The molecule has 2 aromatic carbocycles. The van der Waals surface area contributed by atoms with Crippen LogP contribution in [0.5, 0.6) is 11.5 Å². The van der Waals surface area contributed by atoms with E-state index in [0.717, 1.165) is 46.0 Å². The quantitative estimate of drug-likeness (QED) is 0.590. The number of fused-ring (bicyclic) bond motifs is 1. The number of nitrogen functional groups attached to an aromatic ring is 1. The van der Waals surface area contributed by atoms with Crippen LogP contribution in [0.3, 0.4) is 0 Å². The van der Waals surface area contributed by atoms with Crippen molar-refractivity contribution in [1.82, 2.24) is 9.88 Å². The Bertz CT molecular complexity index is 1120. The summed E-state index contributed by atoms with van der Waals surface area (Å²) in [5.41, 5.74) is 9.74. The van der Waals surface area contributed by atoms with Crippen LogP contribution in [-0.2, 0) is 6.42 Å². The SMILES string of the molecule is Cc1cccc(-c2sc(N)nc2C(=O)N(CCc2ccc3c(c2)OCO3)CC2CC2)c1. The van der Waals surface area contributed by atoms with Crippen LogP contribution in [-0.4, -0.2) is 35.7 Å². The Hall–Kier alpha value is -3.06. The molecule has 1 aromatic heterocycles. The molecule has 2 N–H and O–H groups in total. The number of carbonyl (C=O) groups excluding carboxylic acids is 1. The number of nitrogens with zero attached hydrogens (tertiary/aromatic N) is 2. The second-order valence-corrected chi connectivity index (χ2v) is 9.26. The predicted molar refractivity (Wildman–Crippen MR) is 122 cm³/mol. The first-order chi connectivity index (χ1) is 15.1. The Morgan fingerprint density at radius 2 is 2.03 bits per heavy atom. The molecule has 0 spiro atoms. The fourth-order valence-electron chi connectivity index (χ4n) is 3.86. The maximum absolute atomic E-state index is 13.6. The molecule has 3 aromatic rings. The molecule has 0 bridgehead atoms. The third kappa shape index (κ3) is 4.37. The number of benzene rings is 2. The Morgan fingerprint density at radius 1 is 1.19 bits per heavy atom. The number of amides is 1. The van der Waals surface area contributed by atoms with Gasteiger partial charge < -0.3 is 20.1 Å². The van der Waals surface area contributed by atoms with E-state index in [-0.39, 0.29) is 12.7 Å². The van der Waals surface area contributed by atoms with Crippen molar-refractivity contribution >= 4 is 22.4 Å². The van der Waals surface area contributed by atoms with Gasteiger partial charge in [0, 0.05) is 13.1 Å². The van der Waals surface area contributed by atoms with Crippen LogP contribution >= 0.6 is 11.3 Å². The number of aromatic nitrogens is 1. The summed E-state index contributed by atoms with van der Waals surface area (Å²) in [6.45, 7) is 3.69. The molecule has 1 aliphatic carbocycles. The van der Waals surface area contributed by atoms with Crippen molar-refractivity contribution in [3.63, 3.8) is 0 Å². The van der Waals surface area contributed by atoms with E-state index in [2.05, 4.69) is 11.1 Å². The molecule has 6 nitrogen and oxygen atoms in total. The Balaban J connectivity index is 1.38. The summed E-state index contributed by atoms with van der Waals surface area (Å²) in [5.74, 6) is 2.08. The molecule has 0 unspecified atom stereocenters. The minimum absolute atomic E-state index is 0.0444. The maximum atomic E-state index is 13.6. The van der Waals surface area contributed by atoms with Crippen LogP contribution in [0, 0.1) is 12.8 Å². The van der Waals surface area contributed by atoms with Gasteiger partial charge in [-0.05, 0) is 55.4 Å². The normalized spacial score (nSPS) is 14.6. The lowest BCUT2D eigenvalue weighted by Crippen LogP contribution is -2.35. The van der Waals surface area contributed by atoms with Gasteiger partial charge in [-0.3, -0.25) is 4.79 Å². The standard InChI is InChI=1S/C24H25N3O3S/c1-15-3-2-4-18(11-15)22-21(26-24(25)31-22)23(28)27(13-17-5-6-17)10-9-16-7-8-19-20(12-16)30-14-29-19/h2-4,7-8,11-12,17H,5-6,9-10,13-14H2,1H3,(H2,25,26). The molecule has 7 heteroatoms. The molecule has 5 rings (SSSR count). The third-order valence-electron chi connectivity index (χ3n) is 5.70. The van der Waals surface area contributed by atoms with E-state index in [1.54, 1.807) is 0 Å². The highest BCUT2D eigenvalue weighted by molar-refractivity contribution is 7.19. The van der Waals surface area contributed by atoms with Crippen LogP contribution in [0.25, 0.3) is 10.4 Å². The average Bonchev–Trinajstić information content (AvgIpc) is 3.30. The number of rotatable bonds is 7. The number of nitrogens with two attached hydrogens (primary N) is 1. The first-order valence-electron chi connectivity index (χ1n) is 10.6. The van der Waals surface area contributed by atoms with Crippen molar-refractivity contribution in [3.8, 4) is 21.9 Å². The van der Waals surface area contributed by atoms with E-state index in [1.165, 1.54) is 24.2 Å². The highest BCUT2D eigenvalue weighted by Crippen LogP contribution is 2.36. The van der Waals surface area contributed by atoms with Crippen LogP contribution in [0.1, 0.15) is 34.5 Å². The monoisotopic (exact) mass is 435 g/mol. The van der Waals surface area contributed by atoms with Gasteiger partial charge >= 0.3 is 0 Å². The zero-order valence-corrected chi connectivity index (χ0v) is 18.3. The van der Waals surface area contributed by atoms with Gasteiger partial charge in [-0.15, -0.1) is 0 Å². The van der Waals surface area contributed by atoms with E-state index in [0.29, 0.717) is 23.3 Å². The van der Waals surface area contributed by atoms with Crippen molar-refractivity contribution in [2.75, 3.05) is 25.6 Å². The van der Waals surface area contributed by atoms with Gasteiger partial charge in [-0.2, -0.15) is 0 Å². The maximum Gasteiger partial charge on any atom is 0.274 e. The molecular weight excluding hydrogens is 410 g/mol. The fourth-order valence-corrected chi connectivity index (χ4v) is 4.68. The van der Waals surface area contributed by atoms with Crippen molar-refractivity contribution in [2.45, 2.75) is 26.2 Å². The second-order valence-electron chi connectivity index (χ2n) is 8.23. The highest BCUT2D eigenvalue weighted by atomic mass is 32.1. The molecular formula is C24H25N3O3S. The lowest BCUT2D eigenvalue weighted by atomic mass is 10.1. The molecule has 0 saturated heterocycles. The number of anilines is 1. The first-order valence-corrected chi connectivity index (χ1v) is 11.4. The van der Waals surface area contributed by atoms with Crippen LogP contribution in [0.15, 0.2) is 42.5 Å². The Kier molecular flexibility index (Phi) is 5.28. The zero-order valence-electron chi connectivity index (χ0n) is 17.5. The van der Waals surface area contributed by atoms with Crippen LogP contribution in [0.4, 0.5) is 5.13 Å². The lowest BCUT2D eigenvalue weighted by molar-refractivity contribution is 0.0745. The van der Waals surface area contributed by atoms with Gasteiger partial charge in [0.05, 0.1) is 4.88 Å².